The third-order valence-electron chi connectivity index (χ3n) is 0.881. The second kappa shape index (κ2) is 2.00. The Labute approximate surface area is 48.7 Å². The van der Waals surface area contributed by atoms with Gasteiger partial charge in [0.15, 0.2) is 0 Å². The molecule has 0 aliphatic carbocycles. The molecule has 0 fully saturated rings. The maximum atomic E-state index is 5.26. The lowest BCUT2D eigenvalue weighted by Gasteiger charge is -1.96. The van der Waals surface area contributed by atoms with Crippen molar-refractivity contribution in [2.75, 3.05) is 0 Å². The van der Waals surface area contributed by atoms with Gasteiger partial charge in [0, 0.05) is 17.8 Å². The van der Waals surface area contributed by atoms with Crippen LogP contribution in [0, 0.1) is 0 Å². The Hall–Kier alpha value is -0.765. The zero-order valence-electron chi connectivity index (χ0n) is 4.33. The highest BCUT2D eigenvalue weighted by Crippen LogP contribution is 1.97. The second-order valence-corrected chi connectivity index (χ2v) is 1.54. The van der Waals surface area contributed by atoms with E-state index in [4.69, 9.17) is 13.6 Å². The average Bonchev–Trinajstić information content (AvgIpc) is 2.12. The van der Waals surface area contributed by atoms with Gasteiger partial charge in [-0.15, -0.1) is 0 Å². The van der Waals surface area contributed by atoms with Crippen LogP contribution >= 0.6 is 0 Å². The summed E-state index contributed by atoms with van der Waals surface area (Å²) in [6.45, 7) is 0. The van der Waals surface area contributed by atoms with Gasteiger partial charge in [-0.05, 0) is 6.07 Å². The van der Waals surface area contributed by atoms with Crippen molar-refractivity contribution in [3.63, 3.8) is 0 Å². The predicted octanol–water partition coefficient (Wildman–Crippen LogP) is -0.465. The van der Waals surface area contributed by atoms with E-state index in [1.54, 1.807) is 12.3 Å². The molecule has 2 radical (unpaired) electrons. The minimum Gasteiger partial charge on any atom is -0.330 e. The highest BCUT2D eigenvalue weighted by atomic mass is 15.1. The summed E-state index contributed by atoms with van der Waals surface area (Å²) >= 11 is 0. The molecule has 1 aromatic rings. The molecular weight excluding hydrogens is 101 g/mol. The number of hydrogen-bond donors (Lipinski definition) is 2. The molecule has 1 unspecified atom stereocenters. The zero-order valence-corrected chi connectivity index (χ0v) is 4.33. The SMILES string of the molecule is [B]C(N)c1ccn[nH]1. The van der Waals surface area contributed by atoms with Crippen LogP contribution in [-0.2, 0) is 0 Å². The van der Waals surface area contributed by atoms with E-state index >= 15 is 0 Å². The van der Waals surface area contributed by atoms with Crippen LogP contribution in [0.2, 0.25) is 0 Å². The van der Waals surface area contributed by atoms with Gasteiger partial charge in [-0.3, -0.25) is 5.10 Å². The molecule has 0 aromatic carbocycles. The van der Waals surface area contributed by atoms with E-state index < -0.39 is 5.94 Å². The molecule has 0 saturated heterocycles. The van der Waals surface area contributed by atoms with Gasteiger partial charge in [0.1, 0.15) is 0 Å². The van der Waals surface area contributed by atoms with Crippen LogP contribution in [0.1, 0.15) is 11.6 Å². The number of nitrogens with two attached hydrogens (primary N) is 1. The fourth-order valence-corrected chi connectivity index (χ4v) is 0.452. The summed E-state index contributed by atoms with van der Waals surface area (Å²) in [4.78, 5) is 0. The minimum atomic E-state index is -0.433. The van der Waals surface area contributed by atoms with Crippen LogP contribution in [0.3, 0.4) is 0 Å². The number of nitrogens with zero attached hydrogens (tertiary/aromatic N) is 1. The van der Waals surface area contributed by atoms with Crippen molar-refractivity contribution in [3.8, 4) is 0 Å². The van der Waals surface area contributed by atoms with Crippen LogP contribution in [0.25, 0.3) is 0 Å². The first-order valence-electron chi connectivity index (χ1n) is 2.31. The summed E-state index contributed by atoms with van der Waals surface area (Å²) in [5.74, 6) is -0.433. The minimum absolute atomic E-state index is 0.433. The zero-order chi connectivity index (χ0) is 5.98. The van der Waals surface area contributed by atoms with E-state index in [-0.39, 0.29) is 0 Å². The van der Waals surface area contributed by atoms with E-state index in [0.717, 1.165) is 5.69 Å². The van der Waals surface area contributed by atoms with Crippen molar-refractivity contribution < 1.29 is 0 Å². The van der Waals surface area contributed by atoms with E-state index in [1.165, 1.54) is 0 Å². The Morgan fingerprint density at radius 2 is 2.62 bits per heavy atom. The van der Waals surface area contributed by atoms with Crippen molar-refractivity contribution in [3.05, 3.63) is 18.0 Å². The maximum Gasteiger partial charge on any atom is 0.0990 e. The first-order chi connectivity index (χ1) is 3.80. The molecule has 1 atom stereocenters. The van der Waals surface area contributed by atoms with Crippen LogP contribution < -0.4 is 5.73 Å². The molecule has 1 heterocycles. The molecule has 40 valence electrons. The van der Waals surface area contributed by atoms with Crippen molar-refractivity contribution in [1.29, 1.82) is 0 Å². The highest BCUT2D eigenvalue weighted by molar-refractivity contribution is 6.11. The molecule has 3 N–H and O–H groups in total. The van der Waals surface area contributed by atoms with E-state index in [2.05, 4.69) is 10.2 Å². The molecule has 1 aromatic heterocycles. The molecule has 1 rings (SSSR count). The lowest BCUT2D eigenvalue weighted by molar-refractivity contribution is 0.916. The molecule has 0 aliphatic heterocycles. The Kier molecular flexibility index (Phi) is 1.35. The molecule has 0 amide bonds. The Morgan fingerprint density at radius 3 is 2.88 bits per heavy atom. The van der Waals surface area contributed by atoms with Gasteiger partial charge in [-0.25, -0.2) is 0 Å². The van der Waals surface area contributed by atoms with Crippen LogP contribution in [0.15, 0.2) is 12.3 Å². The molecule has 4 heteroatoms. The molecule has 0 bridgehead atoms. The normalized spacial score (nSPS) is 13.6. The Bertz CT molecular complexity index is 146. The van der Waals surface area contributed by atoms with E-state index in [1.807, 2.05) is 0 Å². The monoisotopic (exact) mass is 107 g/mol. The van der Waals surface area contributed by atoms with Crippen molar-refractivity contribution in [2.45, 2.75) is 5.94 Å². The summed E-state index contributed by atoms with van der Waals surface area (Å²) in [7, 11) is 5.26. The Morgan fingerprint density at radius 1 is 1.88 bits per heavy atom. The van der Waals surface area contributed by atoms with Crippen LogP contribution in [0.4, 0.5) is 0 Å². The van der Waals surface area contributed by atoms with Gasteiger partial charge < -0.3 is 5.73 Å². The van der Waals surface area contributed by atoms with Gasteiger partial charge in [0.05, 0.1) is 7.85 Å². The third-order valence-corrected chi connectivity index (χ3v) is 0.881. The lowest BCUT2D eigenvalue weighted by atomic mass is 9.95. The quantitative estimate of drug-likeness (QED) is 0.477. The van der Waals surface area contributed by atoms with Gasteiger partial charge in [0.25, 0.3) is 0 Å². The van der Waals surface area contributed by atoms with Crippen molar-refractivity contribution in [1.82, 2.24) is 10.2 Å². The first kappa shape index (κ1) is 5.37. The van der Waals surface area contributed by atoms with Crippen molar-refractivity contribution >= 4 is 7.85 Å². The number of aromatic amines is 1. The smallest absolute Gasteiger partial charge is 0.0990 e. The Balaban J connectivity index is 2.77. The summed E-state index contributed by atoms with van der Waals surface area (Å²) < 4.78 is 0. The van der Waals surface area contributed by atoms with E-state index in [9.17, 15) is 0 Å². The fraction of sp³-hybridized carbons (Fsp3) is 0.250. The molecule has 8 heavy (non-hydrogen) atoms. The number of H-pyrrole nitrogens is 1. The molecule has 0 spiro atoms. The topological polar surface area (TPSA) is 54.7 Å². The summed E-state index contributed by atoms with van der Waals surface area (Å²) in [6.07, 6.45) is 1.61. The number of hydrogen-bond acceptors (Lipinski definition) is 2. The van der Waals surface area contributed by atoms with E-state index in [0.29, 0.717) is 0 Å². The molecule has 0 saturated carbocycles. The van der Waals surface area contributed by atoms with Gasteiger partial charge in [0.2, 0.25) is 0 Å². The van der Waals surface area contributed by atoms with Crippen molar-refractivity contribution in [2.24, 2.45) is 5.73 Å². The first-order valence-corrected chi connectivity index (χ1v) is 2.31. The van der Waals surface area contributed by atoms with Gasteiger partial charge >= 0.3 is 0 Å². The van der Waals surface area contributed by atoms with Crippen LogP contribution in [-0.4, -0.2) is 18.0 Å². The third kappa shape index (κ3) is 0.896. The molecule has 3 nitrogen and oxygen atoms in total. The van der Waals surface area contributed by atoms with Gasteiger partial charge in [-0.1, -0.05) is 0 Å². The van der Waals surface area contributed by atoms with Crippen LogP contribution in [0.5, 0.6) is 0 Å². The molecular formula is C4H6BN3. The summed E-state index contributed by atoms with van der Waals surface area (Å²) in [5.41, 5.74) is 6.02. The average molecular weight is 107 g/mol. The fourth-order valence-electron chi connectivity index (χ4n) is 0.452. The standard InChI is InChI=1S/C4H6BN3/c5-4(6)3-1-2-7-8-3/h1-2,4H,6H2,(H,7,8). The summed E-state index contributed by atoms with van der Waals surface area (Å²) in [6, 6.07) is 1.74. The number of aromatic nitrogens is 2. The second-order valence-electron chi connectivity index (χ2n) is 1.54. The lowest BCUT2D eigenvalue weighted by Crippen LogP contribution is -2.09. The maximum absolute atomic E-state index is 5.26. The summed E-state index contributed by atoms with van der Waals surface area (Å²) in [5, 5.41) is 6.30. The predicted molar refractivity (Wildman–Crippen MR) is 31.3 cm³/mol. The number of nitrogens with one attached hydrogen (secondary N) is 1. The molecule has 0 aliphatic rings. The highest BCUT2D eigenvalue weighted by Gasteiger charge is 1.95. The number of rotatable bonds is 1. The van der Waals surface area contributed by atoms with Gasteiger partial charge in [-0.2, -0.15) is 5.10 Å². The largest absolute Gasteiger partial charge is 0.330 e.